The molecule has 0 nitrogen and oxygen atoms in total. The second-order valence-electron chi connectivity index (χ2n) is 5.57. The quantitative estimate of drug-likeness (QED) is 0.658. The lowest BCUT2D eigenvalue weighted by atomic mass is 9.87. The monoisotopic (exact) mass is 224 g/mol. The van der Waals surface area contributed by atoms with E-state index in [4.69, 9.17) is 0 Å². The van der Waals surface area contributed by atoms with Crippen LogP contribution in [0.2, 0.25) is 0 Å². The topological polar surface area (TPSA) is 0 Å². The predicted molar refractivity (Wildman–Crippen MR) is 73.1 cm³/mol. The van der Waals surface area contributed by atoms with Crippen molar-refractivity contribution in [1.29, 1.82) is 0 Å². The van der Waals surface area contributed by atoms with Crippen molar-refractivity contribution in [2.45, 2.75) is 25.7 Å². The van der Waals surface area contributed by atoms with Gasteiger partial charge in [-0.3, -0.25) is 0 Å². The minimum absolute atomic E-state index is 0.644. The van der Waals surface area contributed by atoms with Gasteiger partial charge >= 0.3 is 0 Å². The van der Waals surface area contributed by atoms with Crippen LogP contribution in [-0.4, -0.2) is 0 Å². The fourth-order valence-electron chi connectivity index (χ4n) is 4.02. The van der Waals surface area contributed by atoms with Crippen molar-refractivity contribution in [2.24, 2.45) is 17.8 Å². The molecule has 1 fully saturated rings. The highest BCUT2D eigenvalue weighted by Crippen LogP contribution is 2.55. The smallest absolute Gasteiger partial charge is 0.00589 e. The van der Waals surface area contributed by atoms with Gasteiger partial charge in [0, 0.05) is 0 Å². The molecule has 0 heteroatoms. The van der Waals surface area contributed by atoms with Gasteiger partial charge in [0.15, 0.2) is 0 Å². The Hall–Kier alpha value is -1.30. The fourth-order valence-corrected chi connectivity index (χ4v) is 4.02. The Morgan fingerprint density at radius 1 is 1.18 bits per heavy atom. The van der Waals surface area contributed by atoms with Gasteiger partial charge in [0.2, 0.25) is 0 Å². The zero-order chi connectivity index (χ0) is 12.0. The molecule has 1 aromatic rings. The first kappa shape index (κ1) is 10.8. The Bertz CT molecular complexity index is 469. The second-order valence-corrected chi connectivity index (χ2v) is 5.57. The van der Waals surface area contributed by atoms with E-state index < -0.39 is 0 Å². The normalized spacial score (nSPS) is 34.2. The molecule has 0 bridgehead atoms. The van der Waals surface area contributed by atoms with Crippen LogP contribution in [0.15, 0.2) is 43.5 Å². The largest absolute Gasteiger partial charge is 0.103 e. The number of aryl methyl sites for hydroxylation is 1. The summed E-state index contributed by atoms with van der Waals surface area (Å²) in [5.74, 6) is 2.79. The number of rotatable bonds is 2. The van der Waals surface area contributed by atoms with Crippen molar-refractivity contribution in [3.05, 3.63) is 60.2 Å². The lowest BCUT2D eigenvalue weighted by Gasteiger charge is -2.17. The molecular formula is C17H20. The Morgan fingerprint density at radius 3 is 2.65 bits per heavy atom. The minimum atomic E-state index is 0.644. The number of hydrogen-bond donors (Lipinski definition) is 0. The summed E-state index contributed by atoms with van der Waals surface area (Å²) in [6.07, 6.45) is 6.82. The third-order valence-corrected chi connectivity index (χ3v) is 4.87. The highest BCUT2D eigenvalue weighted by atomic mass is 14.5. The minimum Gasteiger partial charge on any atom is -0.103 e. The van der Waals surface area contributed by atoms with Crippen LogP contribution < -0.4 is 0 Å². The van der Waals surface area contributed by atoms with Crippen LogP contribution in [-0.2, 0) is 6.42 Å². The standard InChI is InChI=1S/C17H20/c1-4-12-9-13(5-2)17-14-8-6-7-11(3)15(14)10-16(12)17/h4-8,12-13,16-17H,1-2,9-10H2,3H3. The summed E-state index contributed by atoms with van der Waals surface area (Å²) in [7, 11) is 0. The summed E-state index contributed by atoms with van der Waals surface area (Å²) in [4.78, 5) is 0. The van der Waals surface area contributed by atoms with Crippen LogP contribution in [0.4, 0.5) is 0 Å². The van der Waals surface area contributed by atoms with Crippen LogP contribution in [0.1, 0.15) is 29.0 Å². The summed E-state index contributed by atoms with van der Waals surface area (Å²) in [5, 5.41) is 0. The van der Waals surface area contributed by atoms with E-state index in [2.05, 4.69) is 50.4 Å². The molecule has 1 aromatic carbocycles. The zero-order valence-corrected chi connectivity index (χ0v) is 10.5. The number of hydrogen-bond acceptors (Lipinski definition) is 0. The molecule has 0 spiro atoms. The molecule has 1 saturated carbocycles. The molecule has 0 amide bonds. The van der Waals surface area contributed by atoms with E-state index in [1.165, 1.54) is 18.4 Å². The van der Waals surface area contributed by atoms with Crippen molar-refractivity contribution in [1.82, 2.24) is 0 Å². The molecule has 0 saturated heterocycles. The molecule has 0 N–H and O–H groups in total. The van der Waals surface area contributed by atoms with Crippen molar-refractivity contribution in [3.8, 4) is 0 Å². The van der Waals surface area contributed by atoms with Crippen molar-refractivity contribution in [3.63, 3.8) is 0 Å². The maximum Gasteiger partial charge on any atom is -0.00589 e. The lowest BCUT2D eigenvalue weighted by Crippen LogP contribution is -2.09. The fraction of sp³-hybridized carbons (Fsp3) is 0.412. The van der Waals surface area contributed by atoms with Crippen LogP contribution >= 0.6 is 0 Å². The van der Waals surface area contributed by atoms with E-state index in [0.717, 1.165) is 5.92 Å². The molecule has 4 unspecified atom stereocenters. The number of benzene rings is 1. The van der Waals surface area contributed by atoms with E-state index in [1.54, 1.807) is 11.1 Å². The predicted octanol–water partition coefficient (Wildman–Crippen LogP) is 4.26. The van der Waals surface area contributed by atoms with E-state index in [-0.39, 0.29) is 0 Å². The molecule has 3 rings (SSSR count). The molecule has 4 atom stereocenters. The lowest BCUT2D eigenvalue weighted by molar-refractivity contribution is 0.441. The van der Waals surface area contributed by atoms with Gasteiger partial charge in [-0.1, -0.05) is 30.4 Å². The zero-order valence-electron chi connectivity index (χ0n) is 10.5. The molecule has 88 valence electrons. The maximum absolute atomic E-state index is 4.03. The number of allylic oxidation sites excluding steroid dienone is 2. The molecule has 17 heavy (non-hydrogen) atoms. The summed E-state index contributed by atoms with van der Waals surface area (Å²) >= 11 is 0. The van der Waals surface area contributed by atoms with Gasteiger partial charge in [-0.15, -0.1) is 13.2 Å². The molecule has 0 radical (unpaired) electrons. The molecular weight excluding hydrogens is 204 g/mol. The Morgan fingerprint density at radius 2 is 1.94 bits per heavy atom. The summed E-state index contributed by atoms with van der Waals surface area (Å²) < 4.78 is 0. The van der Waals surface area contributed by atoms with Gasteiger partial charge < -0.3 is 0 Å². The highest BCUT2D eigenvalue weighted by Gasteiger charge is 2.46. The molecule has 0 aromatic heterocycles. The summed E-state index contributed by atoms with van der Waals surface area (Å²) in [6, 6.07) is 6.78. The van der Waals surface area contributed by atoms with Crippen molar-refractivity contribution in [2.75, 3.05) is 0 Å². The Kier molecular flexibility index (Phi) is 2.47. The summed E-state index contributed by atoms with van der Waals surface area (Å²) in [6.45, 7) is 10.3. The number of fused-ring (bicyclic) bond motifs is 3. The Labute approximate surface area is 104 Å². The molecule has 0 aliphatic heterocycles. The third-order valence-electron chi connectivity index (χ3n) is 4.87. The van der Waals surface area contributed by atoms with Crippen LogP contribution in [0.3, 0.4) is 0 Å². The maximum atomic E-state index is 4.03. The molecule has 2 aliphatic carbocycles. The average Bonchev–Trinajstić information content (AvgIpc) is 2.87. The van der Waals surface area contributed by atoms with E-state index in [1.807, 2.05) is 0 Å². The van der Waals surface area contributed by atoms with E-state index >= 15 is 0 Å². The van der Waals surface area contributed by atoms with Gasteiger partial charge in [0.1, 0.15) is 0 Å². The highest BCUT2D eigenvalue weighted by molar-refractivity contribution is 5.44. The molecule has 2 aliphatic rings. The van der Waals surface area contributed by atoms with Gasteiger partial charge in [-0.25, -0.2) is 0 Å². The van der Waals surface area contributed by atoms with E-state index in [9.17, 15) is 0 Å². The first-order valence-corrected chi connectivity index (χ1v) is 6.59. The van der Waals surface area contributed by atoms with Crippen LogP contribution in [0.5, 0.6) is 0 Å². The van der Waals surface area contributed by atoms with Gasteiger partial charge in [0.25, 0.3) is 0 Å². The molecule has 0 heterocycles. The van der Waals surface area contributed by atoms with Gasteiger partial charge in [0.05, 0.1) is 0 Å². The second kappa shape index (κ2) is 3.87. The first-order valence-electron chi connectivity index (χ1n) is 6.59. The van der Waals surface area contributed by atoms with E-state index in [0.29, 0.717) is 17.8 Å². The van der Waals surface area contributed by atoms with Crippen LogP contribution in [0.25, 0.3) is 0 Å². The van der Waals surface area contributed by atoms with Crippen LogP contribution in [0, 0.1) is 24.7 Å². The average molecular weight is 224 g/mol. The van der Waals surface area contributed by atoms with Crippen molar-refractivity contribution < 1.29 is 0 Å². The first-order chi connectivity index (χ1) is 8.26. The van der Waals surface area contributed by atoms with Crippen molar-refractivity contribution >= 4 is 0 Å². The van der Waals surface area contributed by atoms with Gasteiger partial charge in [-0.2, -0.15) is 0 Å². The van der Waals surface area contributed by atoms with Gasteiger partial charge in [-0.05, 0) is 60.1 Å². The summed E-state index contributed by atoms with van der Waals surface area (Å²) in [5.41, 5.74) is 4.65. The SMILES string of the molecule is C=CC1CC(C=C)C2c3cccc(C)c3CC12. The third kappa shape index (κ3) is 1.43. The Balaban J connectivity index is 2.08.